The Bertz CT molecular complexity index is 1120. The highest BCUT2D eigenvalue weighted by Gasteiger charge is 2.25. The minimum Gasteiger partial charge on any atom is -0.287 e. The molecule has 1 heterocycles. The minimum atomic E-state index is -0.392. The van der Waals surface area contributed by atoms with Crippen molar-refractivity contribution in [2.75, 3.05) is 0 Å². The van der Waals surface area contributed by atoms with Crippen molar-refractivity contribution in [3.8, 4) is 23.0 Å². The molecule has 0 aliphatic heterocycles. The van der Waals surface area contributed by atoms with Crippen LogP contribution in [-0.4, -0.2) is 15.6 Å². The SMILES string of the molecule is C=C/C=C(\C=C)C(=O)c1nn(-c2ccc(Cl)cc2)c(-c2ccccc2)c1C#N. The van der Waals surface area contributed by atoms with Crippen LogP contribution in [0.1, 0.15) is 16.1 Å². The molecule has 0 saturated heterocycles. The second-order valence-corrected chi connectivity index (χ2v) is 6.27. The molecule has 2 aromatic carbocycles. The lowest BCUT2D eigenvalue weighted by molar-refractivity contribution is 0.103. The van der Waals surface area contributed by atoms with E-state index in [1.165, 1.54) is 12.2 Å². The molecule has 0 bridgehead atoms. The standard InChI is InChI=1S/C23H16ClN3O/c1-3-8-16(4-2)23(28)21-20(15-25)22(17-9-6-5-7-10-17)27(26-21)19-13-11-18(24)12-14-19/h3-14H,1-2H2/b16-8+. The molecular formula is C23H16ClN3O. The van der Waals surface area contributed by atoms with Crippen LogP contribution in [0, 0.1) is 11.3 Å². The summed E-state index contributed by atoms with van der Waals surface area (Å²) in [6.07, 6.45) is 4.46. The molecule has 0 radical (unpaired) electrons. The molecule has 0 aliphatic rings. The Morgan fingerprint density at radius 2 is 1.79 bits per heavy atom. The zero-order chi connectivity index (χ0) is 20.1. The van der Waals surface area contributed by atoms with Gasteiger partial charge in [-0.2, -0.15) is 10.4 Å². The van der Waals surface area contributed by atoms with Crippen molar-refractivity contribution in [3.05, 3.63) is 108 Å². The number of halogens is 1. The predicted octanol–water partition coefficient (Wildman–Crippen LogP) is 5.55. The van der Waals surface area contributed by atoms with Gasteiger partial charge in [0.15, 0.2) is 5.69 Å². The fraction of sp³-hybridized carbons (Fsp3) is 0. The predicted molar refractivity (Wildman–Crippen MR) is 112 cm³/mol. The first kappa shape index (κ1) is 19.1. The maximum atomic E-state index is 13.0. The number of nitriles is 1. The number of Topliss-reactive ketones (excluding diaryl/α,β-unsaturated/α-hetero) is 1. The van der Waals surface area contributed by atoms with Gasteiger partial charge in [0.05, 0.1) is 11.4 Å². The van der Waals surface area contributed by atoms with E-state index >= 15 is 0 Å². The number of carbonyl (C=O) groups is 1. The number of carbonyl (C=O) groups excluding carboxylic acids is 1. The Morgan fingerprint density at radius 3 is 2.36 bits per heavy atom. The lowest BCUT2D eigenvalue weighted by atomic mass is 10.0. The summed E-state index contributed by atoms with van der Waals surface area (Å²) in [5, 5.41) is 14.9. The minimum absolute atomic E-state index is 0.0595. The van der Waals surface area contributed by atoms with E-state index in [9.17, 15) is 10.1 Å². The Kier molecular flexibility index (Phi) is 5.69. The number of nitrogens with zero attached hydrogens (tertiary/aromatic N) is 3. The van der Waals surface area contributed by atoms with E-state index in [4.69, 9.17) is 11.6 Å². The van der Waals surface area contributed by atoms with Crippen molar-refractivity contribution in [2.45, 2.75) is 0 Å². The first-order valence-corrected chi connectivity index (χ1v) is 8.82. The normalized spacial score (nSPS) is 10.9. The van der Waals surface area contributed by atoms with Gasteiger partial charge >= 0.3 is 0 Å². The molecule has 3 aromatic rings. The maximum Gasteiger partial charge on any atom is 0.214 e. The van der Waals surface area contributed by atoms with Crippen LogP contribution < -0.4 is 0 Å². The van der Waals surface area contributed by atoms with E-state index in [0.717, 1.165) is 5.56 Å². The van der Waals surface area contributed by atoms with Gasteiger partial charge in [-0.15, -0.1) is 0 Å². The summed E-state index contributed by atoms with van der Waals surface area (Å²) < 4.78 is 1.59. The fourth-order valence-electron chi connectivity index (χ4n) is 2.81. The van der Waals surface area contributed by atoms with Gasteiger partial charge in [-0.1, -0.05) is 73.3 Å². The Labute approximate surface area is 168 Å². The van der Waals surface area contributed by atoms with Crippen LogP contribution in [0.3, 0.4) is 0 Å². The van der Waals surface area contributed by atoms with Gasteiger partial charge in [-0.05, 0) is 24.3 Å². The van der Waals surface area contributed by atoms with Crippen molar-refractivity contribution >= 4 is 17.4 Å². The van der Waals surface area contributed by atoms with Crippen LogP contribution in [-0.2, 0) is 0 Å². The molecule has 0 fully saturated rings. The molecular weight excluding hydrogens is 370 g/mol. The van der Waals surface area contributed by atoms with Gasteiger partial charge in [-0.3, -0.25) is 4.79 Å². The number of allylic oxidation sites excluding steroid dienone is 4. The van der Waals surface area contributed by atoms with Gasteiger partial charge < -0.3 is 0 Å². The third-order valence-electron chi connectivity index (χ3n) is 4.11. The van der Waals surface area contributed by atoms with Gasteiger partial charge in [-0.25, -0.2) is 4.68 Å². The van der Waals surface area contributed by atoms with Crippen molar-refractivity contribution in [1.82, 2.24) is 9.78 Å². The highest BCUT2D eigenvalue weighted by molar-refractivity contribution is 6.30. The van der Waals surface area contributed by atoms with E-state index in [2.05, 4.69) is 24.3 Å². The molecule has 0 saturated carbocycles. The largest absolute Gasteiger partial charge is 0.287 e. The maximum absolute atomic E-state index is 13.0. The highest BCUT2D eigenvalue weighted by atomic mass is 35.5. The first-order chi connectivity index (χ1) is 13.6. The molecule has 1 aromatic heterocycles. The van der Waals surface area contributed by atoms with Crippen LogP contribution in [0.15, 0.2) is 91.6 Å². The Morgan fingerprint density at radius 1 is 1.11 bits per heavy atom. The second kappa shape index (κ2) is 8.34. The number of benzene rings is 2. The average Bonchev–Trinajstić information content (AvgIpc) is 3.12. The van der Waals surface area contributed by atoms with Crippen LogP contribution in [0.5, 0.6) is 0 Å². The highest BCUT2D eigenvalue weighted by Crippen LogP contribution is 2.30. The summed E-state index contributed by atoms with van der Waals surface area (Å²) in [5.41, 5.74) is 2.56. The topological polar surface area (TPSA) is 58.7 Å². The molecule has 136 valence electrons. The Hall–Kier alpha value is -3.68. The molecule has 0 spiro atoms. The van der Waals surface area contributed by atoms with Crippen LogP contribution in [0.2, 0.25) is 5.02 Å². The molecule has 3 rings (SSSR count). The molecule has 0 unspecified atom stereocenters. The molecule has 28 heavy (non-hydrogen) atoms. The first-order valence-electron chi connectivity index (χ1n) is 8.45. The third-order valence-corrected chi connectivity index (χ3v) is 4.36. The second-order valence-electron chi connectivity index (χ2n) is 5.83. The lowest BCUT2D eigenvalue weighted by Crippen LogP contribution is -2.05. The molecule has 0 aliphatic carbocycles. The van der Waals surface area contributed by atoms with Gasteiger partial charge in [0, 0.05) is 16.2 Å². The average molecular weight is 386 g/mol. The number of rotatable bonds is 6. The smallest absolute Gasteiger partial charge is 0.214 e. The van der Waals surface area contributed by atoms with Crippen LogP contribution in [0.4, 0.5) is 0 Å². The van der Waals surface area contributed by atoms with Crippen molar-refractivity contribution in [1.29, 1.82) is 5.26 Å². The fourth-order valence-corrected chi connectivity index (χ4v) is 2.94. The van der Waals surface area contributed by atoms with Crippen molar-refractivity contribution in [2.24, 2.45) is 0 Å². The van der Waals surface area contributed by atoms with Crippen molar-refractivity contribution < 1.29 is 4.79 Å². The number of hydrogen-bond donors (Lipinski definition) is 0. The molecule has 4 nitrogen and oxygen atoms in total. The van der Waals surface area contributed by atoms with Crippen molar-refractivity contribution in [3.63, 3.8) is 0 Å². The molecule has 0 atom stereocenters. The number of ketones is 1. The van der Waals surface area contributed by atoms with E-state index in [1.807, 2.05) is 30.3 Å². The van der Waals surface area contributed by atoms with Gasteiger partial charge in [0.25, 0.3) is 0 Å². The summed E-state index contributed by atoms with van der Waals surface area (Å²) in [6, 6.07) is 18.5. The monoisotopic (exact) mass is 385 g/mol. The quantitative estimate of drug-likeness (QED) is 0.317. The summed E-state index contributed by atoms with van der Waals surface area (Å²) in [6.45, 7) is 7.28. The molecule has 0 N–H and O–H groups in total. The van der Waals surface area contributed by atoms with E-state index in [-0.39, 0.29) is 11.3 Å². The zero-order valence-electron chi connectivity index (χ0n) is 15.0. The van der Waals surface area contributed by atoms with Crippen LogP contribution in [0.25, 0.3) is 16.9 Å². The molecule has 0 amide bonds. The number of hydrogen-bond acceptors (Lipinski definition) is 3. The third kappa shape index (κ3) is 3.57. The zero-order valence-corrected chi connectivity index (χ0v) is 15.7. The van der Waals surface area contributed by atoms with Gasteiger partial charge in [0.2, 0.25) is 5.78 Å². The van der Waals surface area contributed by atoms with E-state index in [0.29, 0.717) is 22.0 Å². The summed E-state index contributed by atoms with van der Waals surface area (Å²) in [4.78, 5) is 13.0. The van der Waals surface area contributed by atoms with E-state index < -0.39 is 5.78 Å². The summed E-state index contributed by atoms with van der Waals surface area (Å²) in [5.74, 6) is -0.392. The van der Waals surface area contributed by atoms with E-state index in [1.54, 1.807) is 35.0 Å². The van der Waals surface area contributed by atoms with Gasteiger partial charge in [0.1, 0.15) is 11.6 Å². The number of aromatic nitrogens is 2. The summed E-state index contributed by atoms with van der Waals surface area (Å²) in [7, 11) is 0. The van der Waals surface area contributed by atoms with Crippen LogP contribution >= 0.6 is 11.6 Å². The Balaban J connectivity index is 2.32. The lowest BCUT2D eigenvalue weighted by Gasteiger charge is -2.08. The molecule has 5 heteroatoms. The summed E-state index contributed by atoms with van der Waals surface area (Å²) >= 11 is 6.00.